The molecule has 4 aromatic rings. The van der Waals surface area contributed by atoms with Crippen molar-refractivity contribution in [1.82, 2.24) is 0 Å². The molecule has 0 saturated heterocycles. The average molecular weight is 506 g/mol. The topological polar surface area (TPSA) is 65.1 Å². The summed E-state index contributed by atoms with van der Waals surface area (Å²) in [5, 5.41) is 2.01. The highest BCUT2D eigenvalue weighted by atomic mass is 16.6. The Bertz CT molecular complexity index is 1620. The third-order valence-corrected chi connectivity index (χ3v) is 7.27. The van der Waals surface area contributed by atoms with Crippen LogP contribution in [0.25, 0.3) is 10.8 Å². The fourth-order valence-corrected chi connectivity index (χ4v) is 5.48. The van der Waals surface area contributed by atoms with E-state index in [4.69, 9.17) is 14.2 Å². The van der Waals surface area contributed by atoms with E-state index >= 15 is 0 Å². The minimum atomic E-state index is -1.13. The van der Waals surface area contributed by atoms with Crippen LogP contribution >= 0.6 is 0 Å². The number of hydrogen-bond donors (Lipinski definition) is 0. The molecule has 1 atom stereocenters. The van der Waals surface area contributed by atoms with Gasteiger partial charge in [-0.15, -0.1) is 0 Å². The maximum Gasteiger partial charge on any atom is 0.340 e. The molecule has 6 rings (SSSR count). The Hall–Kier alpha value is -4.58. The molecule has 0 saturated carbocycles. The summed E-state index contributed by atoms with van der Waals surface area (Å²) >= 11 is 0. The van der Waals surface area contributed by atoms with Crippen LogP contribution in [0.15, 0.2) is 91.0 Å². The maximum atomic E-state index is 13.2. The molecular formula is C32H27NO5. The van der Waals surface area contributed by atoms with Crippen molar-refractivity contribution < 1.29 is 23.8 Å². The van der Waals surface area contributed by atoms with E-state index in [1.54, 1.807) is 6.92 Å². The van der Waals surface area contributed by atoms with Crippen molar-refractivity contribution in [2.24, 2.45) is 0 Å². The second-order valence-corrected chi connectivity index (χ2v) is 9.55. The molecule has 0 radical (unpaired) electrons. The van der Waals surface area contributed by atoms with Gasteiger partial charge in [0.1, 0.15) is 18.1 Å². The summed E-state index contributed by atoms with van der Waals surface area (Å²) in [7, 11) is 0. The normalized spacial score (nSPS) is 16.7. The Morgan fingerprint density at radius 1 is 0.974 bits per heavy atom. The van der Waals surface area contributed by atoms with Gasteiger partial charge in [0.25, 0.3) is 0 Å². The summed E-state index contributed by atoms with van der Waals surface area (Å²) in [4.78, 5) is 27.1. The van der Waals surface area contributed by atoms with Gasteiger partial charge in [0.2, 0.25) is 0 Å². The van der Waals surface area contributed by atoms with Gasteiger partial charge in [-0.05, 0) is 48.9 Å². The highest BCUT2D eigenvalue weighted by Gasteiger charge is 2.54. The molecule has 0 bridgehead atoms. The molecule has 1 spiro atoms. The van der Waals surface area contributed by atoms with E-state index in [0.717, 1.165) is 33.2 Å². The number of nitrogens with zero attached hydrogens (tertiary/aromatic N) is 1. The largest absolute Gasteiger partial charge is 0.460 e. The van der Waals surface area contributed by atoms with Crippen LogP contribution in [-0.2, 0) is 19.9 Å². The van der Waals surface area contributed by atoms with E-state index in [-0.39, 0.29) is 12.6 Å². The van der Waals surface area contributed by atoms with Crippen molar-refractivity contribution in [2.75, 3.05) is 24.6 Å². The van der Waals surface area contributed by atoms with Crippen molar-refractivity contribution in [3.05, 3.63) is 113 Å². The molecule has 0 N–H and O–H groups in total. The number of benzene rings is 4. The monoisotopic (exact) mass is 505 g/mol. The van der Waals surface area contributed by atoms with Crippen LogP contribution in [0.1, 0.15) is 40.9 Å². The molecule has 2 aliphatic rings. The number of hydrogen-bond acceptors (Lipinski definition) is 6. The first-order chi connectivity index (χ1) is 18.4. The Morgan fingerprint density at radius 2 is 1.76 bits per heavy atom. The highest BCUT2D eigenvalue weighted by Crippen LogP contribution is 2.58. The molecule has 190 valence electrons. The number of anilines is 1. The van der Waals surface area contributed by atoms with Crippen LogP contribution in [0.3, 0.4) is 0 Å². The fraction of sp³-hybridized carbons (Fsp3) is 0.188. The summed E-state index contributed by atoms with van der Waals surface area (Å²) in [6, 6.07) is 25.5. The van der Waals surface area contributed by atoms with E-state index < -0.39 is 11.6 Å². The third kappa shape index (κ3) is 3.56. The van der Waals surface area contributed by atoms with Gasteiger partial charge in [0.15, 0.2) is 5.60 Å². The van der Waals surface area contributed by atoms with Gasteiger partial charge in [-0.3, -0.25) is 0 Å². The molecule has 38 heavy (non-hydrogen) atoms. The lowest BCUT2D eigenvalue weighted by Crippen LogP contribution is -2.34. The molecule has 6 heteroatoms. The average Bonchev–Trinajstić information content (AvgIpc) is 3.23. The Labute approximate surface area is 221 Å². The summed E-state index contributed by atoms with van der Waals surface area (Å²) in [5.41, 5.74) is 3.11. The van der Waals surface area contributed by atoms with E-state index in [1.807, 2.05) is 85.8 Å². The summed E-state index contributed by atoms with van der Waals surface area (Å²) < 4.78 is 18.2. The van der Waals surface area contributed by atoms with E-state index in [0.29, 0.717) is 35.7 Å². The Balaban J connectivity index is 1.49. The van der Waals surface area contributed by atoms with Crippen molar-refractivity contribution >= 4 is 28.4 Å². The first-order valence-electron chi connectivity index (χ1n) is 12.7. The predicted molar refractivity (Wildman–Crippen MR) is 146 cm³/mol. The zero-order valence-corrected chi connectivity index (χ0v) is 21.3. The number of rotatable bonds is 6. The zero-order chi connectivity index (χ0) is 26.4. The van der Waals surface area contributed by atoms with Gasteiger partial charge in [0, 0.05) is 35.0 Å². The molecule has 1 unspecified atom stereocenters. The maximum absolute atomic E-state index is 13.2. The smallest absolute Gasteiger partial charge is 0.340 e. The van der Waals surface area contributed by atoms with Gasteiger partial charge in [-0.25, -0.2) is 9.59 Å². The predicted octanol–water partition coefficient (Wildman–Crippen LogP) is 6.35. The Kier molecular flexibility index (Phi) is 5.68. The lowest BCUT2D eigenvalue weighted by Gasteiger charge is -2.38. The number of fused-ring (bicyclic) bond motifs is 8. The van der Waals surface area contributed by atoms with Gasteiger partial charge < -0.3 is 19.1 Å². The molecular weight excluding hydrogens is 478 g/mol. The Morgan fingerprint density at radius 3 is 2.58 bits per heavy atom. The molecule has 0 amide bonds. The second-order valence-electron chi connectivity index (χ2n) is 9.55. The number of carbonyl (C=O) groups is 2. The van der Waals surface area contributed by atoms with Crippen LogP contribution in [-0.4, -0.2) is 31.6 Å². The quantitative estimate of drug-likeness (QED) is 0.225. The number of ether oxygens (including phenoxy) is 3. The number of esters is 2. The molecule has 0 aliphatic carbocycles. The first kappa shape index (κ1) is 23.8. The van der Waals surface area contributed by atoms with Crippen LogP contribution in [0.5, 0.6) is 11.5 Å². The standard InChI is InChI=1S/C32H27NO5/c1-4-33(17-18-36-30(34)20(2)3)22-14-15-26-28(19-22)37-27-16-13-21-9-5-6-10-23(21)29(27)32(26)25-12-8-7-11-24(25)31(35)38-32/h5-16,19H,2,4,17-18H2,1,3H3. The molecule has 4 aromatic carbocycles. The van der Waals surface area contributed by atoms with Gasteiger partial charge in [0.05, 0.1) is 17.7 Å². The third-order valence-electron chi connectivity index (χ3n) is 7.27. The van der Waals surface area contributed by atoms with Crippen molar-refractivity contribution in [2.45, 2.75) is 19.4 Å². The fourth-order valence-electron chi connectivity index (χ4n) is 5.48. The number of carbonyl (C=O) groups excluding carboxylic acids is 2. The van der Waals surface area contributed by atoms with Crippen LogP contribution in [0.2, 0.25) is 0 Å². The minimum absolute atomic E-state index is 0.237. The minimum Gasteiger partial charge on any atom is -0.460 e. The van der Waals surface area contributed by atoms with E-state index in [1.165, 1.54) is 0 Å². The zero-order valence-electron chi connectivity index (χ0n) is 21.3. The molecule has 0 fully saturated rings. The van der Waals surface area contributed by atoms with Crippen LogP contribution in [0.4, 0.5) is 5.69 Å². The SMILES string of the molecule is C=C(C)C(=O)OCCN(CC)c1ccc2c(c1)Oc1ccc3ccccc3c1C21OC(=O)c2ccccc21. The van der Waals surface area contributed by atoms with Gasteiger partial charge in [-0.1, -0.05) is 55.1 Å². The summed E-state index contributed by atoms with van der Waals surface area (Å²) in [6.07, 6.45) is 0. The number of likely N-dealkylation sites (N-methyl/N-ethyl adjacent to an activating group) is 1. The molecule has 2 aliphatic heterocycles. The van der Waals surface area contributed by atoms with Gasteiger partial charge >= 0.3 is 11.9 Å². The second kappa shape index (κ2) is 9.06. The molecule has 6 nitrogen and oxygen atoms in total. The first-order valence-corrected chi connectivity index (χ1v) is 12.7. The van der Waals surface area contributed by atoms with Crippen LogP contribution in [0, 0.1) is 0 Å². The highest BCUT2D eigenvalue weighted by molar-refractivity contribution is 6.00. The van der Waals surface area contributed by atoms with Crippen molar-refractivity contribution in [3.63, 3.8) is 0 Å². The van der Waals surface area contributed by atoms with Crippen molar-refractivity contribution in [3.8, 4) is 11.5 Å². The van der Waals surface area contributed by atoms with Crippen molar-refractivity contribution in [1.29, 1.82) is 0 Å². The summed E-state index contributed by atoms with van der Waals surface area (Å²) in [6.45, 7) is 8.76. The lowest BCUT2D eigenvalue weighted by molar-refractivity contribution is -0.138. The van der Waals surface area contributed by atoms with Gasteiger partial charge in [-0.2, -0.15) is 0 Å². The lowest BCUT2D eigenvalue weighted by atomic mass is 9.76. The van der Waals surface area contributed by atoms with E-state index in [9.17, 15) is 9.59 Å². The molecule has 2 heterocycles. The molecule has 0 aromatic heterocycles. The summed E-state index contributed by atoms with van der Waals surface area (Å²) in [5.74, 6) is 0.511. The van der Waals surface area contributed by atoms with Crippen LogP contribution < -0.4 is 9.64 Å². The van der Waals surface area contributed by atoms with E-state index in [2.05, 4.69) is 11.5 Å².